The summed E-state index contributed by atoms with van der Waals surface area (Å²) in [6, 6.07) is 5.49. The molecule has 1 saturated heterocycles. The first kappa shape index (κ1) is 21.7. The SMILES string of the molecule is Cc1c(C(=O)N2CCC(C)CC2)oc2c1/C(=N/NC(=O)c1cccc([N+](=O)[O-])c1)CCC2. The summed E-state index contributed by atoms with van der Waals surface area (Å²) >= 11 is 0. The van der Waals surface area contributed by atoms with Gasteiger partial charge in [0.2, 0.25) is 0 Å². The van der Waals surface area contributed by atoms with Gasteiger partial charge in [0.15, 0.2) is 5.76 Å². The number of carbonyl (C=O) groups is 2. The van der Waals surface area contributed by atoms with E-state index in [4.69, 9.17) is 4.42 Å². The maximum atomic E-state index is 13.1. The van der Waals surface area contributed by atoms with Crippen molar-refractivity contribution >= 4 is 23.2 Å². The topological polar surface area (TPSA) is 118 Å². The van der Waals surface area contributed by atoms with Crippen LogP contribution in [0, 0.1) is 23.0 Å². The summed E-state index contributed by atoms with van der Waals surface area (Å²) < 4.78 is 5.98. The number of hydrogen-bond acceptors (Lipinski definition) is 6. The third kappa shape index (κ3) is 4.28. The highest BCUT2D eigenvalue weighted by Crippen LogP contribution is 2.31. The predicted octanol–water partition coefficient (Wildman–Crippen LogP) is 3.84. The highest BCUT2D eigenvalue weighted by atomic mass is 16.6. The fraction of sp³-hybridized carbons (Fsp3) is 0.435. The molecule has 0 saturated carbocycles. The van der Waals surface area contributed by atoms with Gasteiger partial charge in [-0.25, -0.2) is 5.43 Å². The normalized spacial score (nSPS) is 17.8. The Bertz CT molecular complexity index is 1100. The molecule has 9 heteroatoms. The predicted molar refractivity (Wildman–Crippen MR) is 118 cm³/mol. The number of fused-ring (bicyclic) bond motifs is 1. The van der Waals surface area contributed by atoms with Gasteiger partial charge >= 0.3 is 0 Å². The highest BCUT2D eigenvalue weighted by Gasteiger charge is 2.31. The average Bonchev–Trinajstić information content (AvgIpc) is 3.14. The minimum atomic E-state index is -0.549. The van der Waals surface area contributed by atoms with Gasteiger partial charge in [0.25, 0.3) is 17.5 Å². The lowest BCUT2D eigenvalue weighted by atomic mass is 9.93. The van der Waals surface area contributed by atoms with Crippen LogP contribution in [-0.2, 0) is 6.42 Å². The van der Waals surface area contributed by atoms with E-state index in [-0.39, 0.29) is 17.2 Å². The van der Waals surface area contributed by atoms with E-state index in [9.17, 15) is 19.7 Å². The summed E-state index contributed by atoms with van der Waals surface area (Å²) in [5.41, 5.74) is 4.66. The number of aryl methyl sites for hydroxylation is 1. The number of hydrogen-bond donors (Lipinski definition) is 1. The largest absolute Gasteiger partial charge is 0.455 e. The second kappa shape index (κ2) is 8.94. The smallest absolute Gasteiger partial charge is 0.289 e. The zero-order valence-corrected chi connectivity index (χ0v) is 18.2. The van der Waals surface area contributed by atoms with Gasteiger partial charge in [-0.1, -0.05) is 13.0 Å². The van der Waals surface area contributed by atoms with Crippen LogP contribution in [0.2, 0.25) is 0 Å². The number of hydrazone groups is 1. The molecule has 0 unspecified atom stereocenters. The molecule has 1 aliphatic heterocycles. The van der Waals surface area contributed by atoms with Crippen molar-refractivity contribution in [3.05, 3.63) is 62.6 Å². The van der Waals surface area contributed by atoms with Gasteiger partial charge in [-0.3, -0.25) is 19.7 Å². The number of amides is 2. The molecule has 32 heavy (non-hydrogen) atoms. The van der Waals surface area contributed by atoms with Crippen LogP contribution in [0.5, 0.6) is 0 Å². The average molecular weight is 438 g/mol. The number of nitrogens with zero attached hydrogens (tertiary/aromatic N) is 3. The molecule has 4 rings (SSSR count). The molecule has 2 aromatic rings. The Balaban J connectivity index is 1.55. The fourth-order valence-electron chi connectivity index (χ4n) is 4.28. The number of nitro benzene ring substituents is 1. The molecule has 0 spiro atoms. The number of carbonyl (C=O) groups excluding carboxylic acids is 2. The molecule has 1 aromatic heterocycles. The maximum absolute atomic E-state index is 13.1. The van der Waals surface area contributed by atoms with E-state index in [0.29, 0.717) is 36.0 Å². The van der Waals surface area contributed by atoms with Crippen LogP contribution < -0.4 is 5.43 Å². The summed E-state index contributed by atoms with van der Waals surface area (Å²) in [7, 11) is 0. The van der Waals surface area contributed by atoms with E-state index < -0.39 is 10.8 Å². The minimum Gasteiger partial charge on any atom is -0.455 e. The van der Waals surface area contributed by atoms with E-state index >= 15 is 0 Å². The van der Waals surface area contributed by atoms with Crippen LogP contribution in [0.3, 0.4) is 0 Å². The van der Waals surface area contributed by atoms with Crippen LogP contribution in [0.25, 0.3) is 0 Å². The second-order valence-corrected chi connectivity index (χ2v) is 8.49. The molecule has 2 aliphatic rings. The lowest BCUT2D eigenvalue weighted by Crippen LogP contribution is -2.38. The molecule has 1 fully saturated rings. The Kier molecular flexibility index (Phi) is 6.07. The second-order valence-electron chi connectivity index (χ2n) is 8.49. The van der Waals surface area contributed by atoms with Crippen molar-refractivity contribution in [2.75, 3.05) is 13.1 Å². The Hall–Kier alpha value is -3.49. The Morgan fingerprint density at radius 2 is 2.00 bits per heavy atom. The molecule has 0 bridgehead atoms. The van der Waals surface area contributed by atoms with Crippen molar-refractivity contribution in [1.82, 2.24) is 10.3 Å². The molecule has 1 N–H and O–H groups in total. The summed E-state index contributed by atoms with van der Waals surface area (Å²) in [5.74, 6) is 1.06. The van der Waals surface area contributed by atoms with Crippen LogP contribution in [0.1, 0.15) is 70.4 Å². The van der Waals surface area contributed by atoms with Gasteiger partial charge in [0, 0.05) is 48.3 Å². The van der Waals surface area contributed by atoms with Crippen LogP contribution in [-0.4, -0.2) is 40.4 Å². The molecule has 168 valence electrons. The number of likely N-dealkylation sites (tertiary alicyclic amines) is 1. The Morgan fingerprint density at radius 1 is 1.25 bits per heavy atom. The zero-order chi connectivity index (χ0) is 22.8. The molecule has 0 atom stereocenters. The highest BCUT2D eigenvalue weighted by molar-refractivity contribution is 6.07. The lowest BCUT2D eigenvalue weighted by molar-refractivity contribution is -0.384. The minimum absolute atomic E-state index is 0.0937. The summed E-state index contributed by atoms with van der Waals surface area (Å²) in [5, 5.41) is 15.2. The van der Waals surface area contributed by atoms with Crippen LogP contribution in [0.15, 0.2) is 33.8 Å². The number of piperidine rings is 1. The molecule has 1 aliphatic carbocycles. The number of benzene rings is 1. The van der Waals surface area contributed by atoms with Gasteiger partial charge in [0.05, 0.1) is 10.6 Å². The van der Waals surface area contributed by atoms with Crippen molar-refractivity contribution in [3.8, 4) is 0 Å². The fourth-order valence-corrected chi connectivity index (χ4v) is 4.28. The number of rotatable bonds is 4. The summed E-state index contributed by atoms with van der Waals surface area (Å²) in [4.78, 5) is 37.8. The third-order valence-electron chi connectivity index (χ3n) is 6.20. The Labute approximate surface area is 185 Å². The van der Waals surface area contributed by atoms with Gasteiger partial charge in [-0.15, -0.1) is 0 Å². The molecule has 9 nitrogen and oxygen atoms in total. The third-order valence-corrected chi connectivity index (χ3v) is 6.20. The van der Waals surface area contributed by atoms with E-state index in [0.717, 1.165) is 43.5 Å². The first-order valence-corrected chi connectivity index (χ1v) is 10.9. The van der Waals surface area contributed by atoms with E-state index in [2.05, 4.69) is 17.5 Å². The Morgan fingerprint density at radius 3 is 2.72 bits per heavy atom. The van der Waals surface area contributed by atoms with Gasteiger partial charge in [-0.05, 0) is 44.6 Å². The van der Waals surface area contributed by atoms with Crippen LogP contribution >= 0.6 is 0 Å². The van der Waals surface area contributed by atoms with Crippen molar-refractivity contribution in [3.63, 3.8) is 0 Å². The number of non-ortho nitro benzene ring substituents is 1. The van der Waals surface area contributed by atoms with E-state index in [1.807, 2.05) is 11.8 Å². The molecule has 2 amide bonds. The number of nitro groups is 1. The quantitative estimate of drug-likeness (QED) is 0.575. The monoisotopic (exact) mass is 438 g/mol. The van der Waals surface area contributed by atoms with Gasteiger partial charge in [-0.2, -0.15) is 5.10 Å². The van der Waals surface area contributed by atoms with Gasteiger partial charge < -0.3 is 9.32 Å². The van der Waals surface area contributed by atoms with Crippen molar-refractivity contribution in [2.24, 2.45) is 11.0 Å². The molecule has 1 aromatic carbocycles. The van der Waals surface area contributed by atoms with Crippen LogP contribution in [0.4, 0.5) is 5.69 Å². The lowest BCUT2D eigenvalue weighted by Gasteiger charge is -2.29. The van der Waals surface area contributed by atoms with E-state index in [1.165, 1.54) is 24.3 Å². The van der Waals surface area contributed by atoms with E-state index in [1.54, 1.807) is 0 Å². The first-order chi connectivity index (χ1) is 15.3. The standard InChI is InChI=1S/C23H26N4O5/c1-14-9-11-26(12-10-14)23(29)21-15(2)20-18(7-4-8-19(20)32-21)24-25-22(28)16-5-3-6-17(13-16)27(30)31/h3,5-6,13-14H,4,7-12H2,1-2H3,(H,25,28)/b24-18+. The molecule has 2 heterocycles. The number of furan rings is 1. The van der Waals surface area contributed by atoms with Gasteiger partial charge in [0.1, 0.15) is 5.76 Å². The molecular formula is C23H26N4O5. The van der Waals surface area contributed by atoms with Crippen molar-refractivity contribution in [2.45, 2.75) is 46.0 Å². The number of nitrogens with one attached hydrogen (secondary N) is 1. The first-order valence-electron chi connectivity index (χ1n) is 10.9. The van der Waals surface area contributed by atoms with Crippen molar-refractivity contribution < 1.29 is 18.9 Å². The molecular weight excluding hydrogens is 412 g/mol. The zero-order valence-electron chi connectivity index (χ0n) is 18.2. The summed E-state index contributed by atoms with van der Waals surface area (Å²) in [6.07, 6.45) is 4.11. The van der Waals surface area contributed by atoms with Crippen molar-refractivity contribution in [1.29, 1.82) is 0 Å². The summed E-state index contributed by atoms with van der Waals surface area (Å²) in [6.45, 7) is 5.50. The maximum Gasteiger partial charge on any atom is 0.289 e. The molecule has 0 radical (unpaired) electrons.